The number of hydrogen-bond donors (Lipinski definition) is 9. The fourth-order valence-electron chi connectivity index (χ4n) is 7.56. The average Bonchev–Trinajstić information content (AvgIpc) is 4.10. The van der Waals surface area contributed by atoms with Crippen LogP contribution < -0.4 is 21.3 Å². The van der Waals surface area contributed by atoms with E-state index in [9.17, 15) is 10.2 Å². The molecular weight excluding hydrogens is 749 g/mol. The molecule has 23 nitrogen and oxygen atoms in total. The molecular formula is C35H46N20O3. The van der Waals surface area contributed by atoms with Gasteiger partial charge in [-0.15, -0.1) is 10.2 Å². The lowest BCUT2D eigenvalue weighted by Gasteiger charge is -2.31. The van der Waals surface area contributed by atoms with Crippen molar-refractivity contribution in [2.75, 3.05) is 34.4 Å². The quantitative estimate of drug-likeness (QED) is 0.0713. The molecule has 2 fully saturated rings. The number of fused-ring (bicyclic) bond motifs is 2. The molecule has 304 valence electrons. The molecule has 1 aliphatic carbocycles. The molecule has 0 aromatic carbocycles. The van der Waals surface area contributed by atoms with E-state index in [2.05, 4.69) is 81.5 Å². The minimum absolute atomic E-state index is 0.0931. The van der Waals surface area contributed by atoms with Gasteiger partial charge in [0.25, 0.3) is 0 Å². The van der Waals surface area contributed by atoms with Gasteiger partial charge in [0.05, 0.1) is 36.9 Å². The summed E-state index contributed by atoms with van der Waals surface area (Å²) in [6.07, 6.45) is 6.65. The largest absolute Gasteiger partial charge is 0.387 e. The average molecular weight is 795 g/mol. The van der Waals surface area contributed by atoms with Gasteiger partial charge in [-0.3, -0.25) is 4.57 Å². The van der Waals surface area contributed by atoms with E-state index in [1.165, 1.54) is 11.1 Å². The smallest absolute Gasteiger partial charge is 0.226 e. The minimum atomic E-state index is -1.32. The number of ether oxygens (including phenoxy) is 1. The first-order chi connectivity index (χ1) is 28.3. The molecule has 8 heterocycles. The SMILES string of the molecule is CCn1nnc([C@H]2O[C@@H](n3cnc4c(NC5CCC(Nc6[nH]c(NCCc7nc[nH]c7C)nc7ncnc6-7)CC5)nc(NCCc5nc[nH]c5C)nc43)[C@H](O)[C@@H]2O)n1. The summed E-state index contributed by atoms with van der Waals surface area (Å²) in [6, 6.07) is 0.271. The maximum absolute atomic E-state index is 11.2. The summed E-state index contributed by atoms with van der Waals surface area (Å²) in [6.45, 7) is 7.54. The zero-order valence-corrected chi connectivity index (χ0v) is 32.3. The highest BCUT2D eigenvalue weighted by atomic mass is 16.6. The Morgan fingerprint density at radius 1 is 0.845 bits per heavy atom. The van der Waals surface area contributed by atoms with Gasteiger partial charge in [-0.25, -0.2) is 24.9 Å². The first-order valence-electron chi connectivity index (χ1n) is 19.5. The number of aromatic amines is 3. The first-order valence-corrected chi connectivity index (χ1v) is 19.5. The number of imidazole rings is 4. The lowest BCUT2D eigenvalue weighted by Crippen LogP contribution is -2.33. The fraction of sp³-hybridized carbons (Fsp3) is 0.514. The molecule has 58 heavy (non-hydrogen) atoms. The third kappa shape index (κ3) is 7.45. The van der Waals surface area contributed by atoms with E-state index in [1.807, 2.05) is 20.8 Å². The van der Waals surface area contributed by atoms with Crippen molar-refractivity contribution in [3.05, 3.63) is 53.9 Å². The summed E-state index contributed by atoms with van der Waals surface area (Å²) in [5.74, 6) is 3.04. The Bertz CT molecular complexity index is 2430. The van der Waals surface area contributed by atoms with Crippen LogP contribution in [0.5, 0.6) is 0 Å². The maximum atomic E-state index is 11.2. The van der Waals surface area contributed by atoms with Gasteiger partial charge < -0.3 is 51.2 Å². The van der Waals surface area contributed by atoms with Crippen LogP contribution in [0.1, 0.15) is 73.5 Å². The van der Waals surface area contributed by atoms with E-state index in [4.69, 9.17) is 14.7 Å². The standard InChI is InChI=1S/C35H46N20O3/c1-4-55-52-31(51-53-55)27-25(56)26(57)33(58-27)54-16-44-24-30(49-35(50-32(24)54)37-12-10-22-18(3)39-14-41-22)46-20-7-5-19(6-8-20)45-29-23-28(43-15-42-23)47-34(48-29)36-11-9-21-17(2)38-13-40-21/h13-16,19-20,25-27,33,56-57H,4-12H2,1-3H3,(H,38,40)(H,39,41)(H2,37,46,49,50)(H3,36,42,43,45,47,48)/t19?,20?,25-,26+,27-,33+/m0/s1. The van der Waals surface area contributed by atoms with Gasteiger partial charge >= 0.3 is 0 Å². The number of aromatic nitrogens is 16. The van der Waals surface area contributed by atoms with Crippen LogP contribution in [0, 0.1) is 13.8 Å². The van der Waals surface area contributed by atoms with Crippen molar-refractivity contribution < 1.29 is 14.9 Å². The van der Waals surface area contributed by atoms with E-state index < -0.39 is 24.5 Å². The predicted molar refractivity (Wildman–Crippen MR) is 209 cm³/mol. The molecule has 9 N–H and O–H groups in total. The molecule has 0 radical (unpaired) electrons. The molecule has 9 rings (SSSR count). The van der Waals surface area contributed by atoms with Gasteiger partial charge in [0.2, 0.25) is 17.7 Å². The van der Waals surface area contributed by atoms with Crippen LogP contribution in [0.2, 0.25) is 0 Å². The van der Waals surface area contributed by atoms with Crippen LogP contribution in [0.25, 0.3) is 22.7 Å². The Balaban J connectivity index is 0.902. The van der Waals surface area contributed by atoms with Gasteiger partial charge in [-0.1, -0.05) is 0 Å². The molecule has 3 aliphatic heterocycles. The summed E-state index contributed by atoms with van der Waals surface area (Å²) in [4.78, 5) is 47.6. The molecule has 0 spiro atoms. The summed E-state index contributed by atoms with van der Waals surface area (Å²) >= 11 is 0. The minimum Gasteiger partial charge on any atom is -0.387 e. The zero-order chi connectivity index (χ0) is 39.8. The Morgan fingerprint density at radius 3 is 2.26 bits per heavy atom. The van der Waals surface area contributed by atoms with Crippen molar-refractivity contribution in [1.29, 1.82) is 0 Å². The number of rotatable bonds is 15. The van der Waals surface area contributed by atoms with Crippen LogP contribution in [-0.2, 0) is 24.1 Å². The molecule has 5 aromatic rings. The number of tetrazole rings is 1. The van der Waals surface area contributed by atoms with Crippen molar-refractivity contribution in [1.82, 2.24) is 79.6 Å². The van der Waals surface area contributed by atoms with Crippen molar-refractivity contribution >= 4 is 34.7 Å². The number of hydrogen-bond acceptors (Lipinski definition) is 18. The molecule has 0 bridgehead atoms. The Morgan fingerprint density at radius 2 is 1.57 bits per heavy atom. The number of aliphatic hydroxyl groups is 2. The van der Waals surface area contributed by atoms with Gasteiger partial charge in [-0.05, 0) is 51.7 Å². The molecule has 1 saturated heterocycles. The molecule has 0 unspecified atom stereocenters. The second kappa shape index (κ2) is 15.9. The molecule has 23 heteroatoms. The summed E-state index contributed by atoms with van der Waals surface area (Å²) in [5, 5.41) is 48.6. The third-order valence-electron chi connectivity index (χ3n) is 10.8. The zero-order valence-electron chi connectivity index (χ0n) is 32.3. The van der Waals surface area contributed by atoms with E-state index in [1.54, 1.807) is 23.5 Å². The Kier molecular flexibility index (Phi) is 10.2. The highest BCUT2D eigenvalue weighted by Gasteiger charge is 2.47. The van der Waals surface area contributed by atoms with E-state index in [0.29, 0.717) is 66.5 Å². The highest BCUT2D eigenvalue weighted by molar-refractivity contribution is 5.84. The lowest BCUT2D eigenvalue weighted by molar-refractivity contribution is -0.0384. The van der Waals surface area contributed by atoms with Crippen LogP contribution in [0.3, 0.4) is 0 Å². The van der Waals surface area contributed by atoms with Crippen molar-refractivity contribution in [2.24, 2.45) is 0 Å². The van der Waals surface area contributed by atoms with Crippen LogP contribution in [-0.4, -0.2) is 127 Å². The fourth-order valence-corrected chi connectivity index (χ4v) is 7.56. The lowest BCUT2D eigenvalue weighted by atomic mass is 9.91. The second-order valence-corrected chi connectivity index (χ2v) is 14.6. The maximum Gasteiger partial charge on any atom is 0.226 e. The van der Waals surface area contributed by atoms with Crippen molar-refractivity contribution in [2.45, 2.75) is 102 Å². The summed E-state index contributed by atoms with van der Waals surface area (Å²) in [5.41, 5.74) is 5.62. The number of nitrogens with zero attached hydrogens (tertiary/aromatic N) is 13. The predicted octanol–water partition coefficient (Wildman–Crippen LogP) is 1.65. The summed E-state index contributed by atoms with van der Waals surface area (Å²) < 4.78 is 7.80. The van der Waals surface area contributed by atoms with Gasteiger partial charge in [0.15, 0.2) is 35.1 Å². The van der Waals surface area contributed by atoms with Crippen LogP contribution in [0.4, 0.5) is 23.5 Å². The molecule has 0 amide bonds. The van der Waals surface area contributed by atoms with Crippen LogP contribution >= 0.6 is 0 Å². The van der Waals surface area contributed by atoms with Gasteiger partial charge in [0.1, 0.15) is 30.0 Å². The van der Waals surface area contributed by atoms with E-state index in [-0.39, 0.29) is 17.9 Å². The number of anilines is 4. The number of nitrogens with one attached hydrogen (secondary N) is 7. The second-order valence-electron chi connectivity index (χ2n) is 14.6. The molecule has 1 saturated carbocycles. The number of H-pyrrole nitrogens is 3. The van der Waals surface area contributed by atoms with E-state index >= 15 is 0 Å². The number of aryl methyl sites for hydroxylation is 3. The number of aliphatic hydroxyl groups excluding tert-OH is 2. The van der Waals surface area contributed by atoms with Crippen molar-refractivity contribution in [3.8, 4) is 11.5 Å². The monoisotopic (exact) mass is 794 g/mol. The highest BCUT2D eigenvalue weighted by Crippen LogP contribution is 2.39. The Hall–Kier alpha value is -6.33. The molecule has 5 aromatic heterocycles. The molecule has 4 atom stereocenters. The summed E-state index contributed by atoms with van der Waals surface area (Å²) in [7, 11) is 0. The van der Waals surface area contributed by atoms with Crippen molar-refractivity contribution in [3.63, 3.8) is 0 Å². The first kappa shape index (κ1) is 37.3. The third-order valence-corrected chi connectivity index (χ3v) is 10.8. The van der Waals surface area contributed by atoms with E-state index in [0.717, 1.165) is 60.7 Å². The molecule has 4 aliphatic rings. The Labute approximate surface area is 331 Å². The van der Waals surface area contributed by atoms with Gasteiger partial charge in [0, 0.05) is 49.4 Å². The topological polar surface area (TPSA) is 297 Å². The van der Waals surface area contributed by atoms with Gasteiger partial charge in [-0.2, -0.15) is 19.7 Å². The van der Waals surface area contributed by atoms with Crippen LogP contribution in [0.15, 0.2) is 25.3 Å². The normalized spacial score (nSPS) is 22.2.